The van der Waals surface area contributed by atoms with E-state index in [1.165, 1.54) is 19.4 Å². The maximum absolute atomic E-state index is 10.7. The van der Waals surface area contributed by atoms with Crippen LogP contribution in [0.3, 0.4) is 0 Å². The number of rotatable bonds is 3. The zero-order chi connectivity index (χ0) is 11.5. The maximum Gasteiger partial charge on any atom is 0.303 e. The quantitative estimate of drug-likeness (QED) is 0.776. The van der Waals surface area contributed by atoms with Crippen molar-refractivity contribution in [3.8, 4) is 0 Å². The van der Waals surface area contributed by atoms with Crippen molar-refractivity contribution in [2.45, 2.75) is 31.7 Å². The van der Waals surface area contributed by atoms with Gasteiger partial charge in [0.15, 0.2) is 0 Å². The number of piperidine rings is 1. The van der Waals surface area contributed by atoms with Crippen LogP contribution >= 0.6 is 0 Å². The van der Waals surface area contributed by atoms with Crippen molar-refractivity contribution in [2.75, 3.05) is 33.2 Å². The molecule has 0 aromatic rings. The van der Waals surface area contributed by atoms with Gasteiger partial charge in [0.2, 0.25) is 0 Å². The first-order chi connectivity index (χ1) is 7.65. The van der Waals surface area contributed by atoms with Crippen molar-refractivity contribution in [3.05, 3.63) is 0 Å². The van der Waals surface area contributed by atoms with Crippen LogP contribution in [0, 0.1) is 5.92 Å². The number of carbonyl (C=O) groups is 1. The molecule has 2 aliphatic heterocycles. The molecule has 2 unspecified atom stereocenters. The van der Waals surface area contributed by atoms with Gasteiger partial charge in [0.05, 0.1) is 0 Å². The van der Waals surface area contributed by atoms with Gasteiger partial charge in [-0.15, -0.1) is 0 Å². The first-order valence-corrected chi connectivity index (χ1v) is 6.29. The third-order valence-electron chi connectivity index (χ3n) is 3.90. The first kappa shape index (κ1) is 11.9. The Morgan fingerprint density at radius 2 is 2.12 bits per heavy atom. The zero-order valence-corrected chi connectivity index (χ0v) is 10.1. The molecule has 0 spiro atoms. The summed E-state index contributed by atoms with van der Waals surface area (Å²) in [4.78, 5) is 15.6. The van der Waals surface area contributed by atoms with Crippen molar-refractivity contribution in [1.82, 2.24) is 9.80 Å². The molecule has 2 saturated heterocycles. The van der Waals surface area contributed by atoms with Crippen LogP contribution in [-0.2, 0) is 4.79 Å². The van der Waals surface area contributed by atoms with Gasteiger partial charge in [-0.1, -0.05) is 0 Å². The van der Waals surface area contributed by atoms with E-state index >= 15 is 0 Å². The van der Waals surface area contributed by atoms with Crippen LogP contribution in [0.2, 0.25) is 0 Å². The summed E-state index contributed by atoms with van der Waals surface area (Å²) < 4.78 is 0. The average Bonchev–Trinajstić information content (AvgIpc) is 2.65. The summed E-state index contributed by atoms with van der Waals surface area (Å²) in [5.74, 6) is -0.266. The molecule has 0 aliphatic carbocycles. The molecule has 2 heterocycles. The second-order valence-corrected chi connectivity index (χ2v) is 5.31. The molecular formula is C12H22N2O2. The number of hydrogen-bond donors (Lipinski definition) is 1. The van der Waals surface area contributed by atoms with E-state index in [2.05, 4.69) is 16.8 Å². The number of hydrogen-bond acceptors (Lipinski definition) is 3. The second-order valence-electron chi connectivity index (χ2n) is 5.31. The minimum Gasteiger partial charge on any atom is -0.481 e. The summed E-state index contributed by atoms with van der Waals surface area (Å²) in [6.45, 7) is 4.45. The fraction of sp³-hybridized carbons (Fsp3) is 0.917. The molecule has 0 aromatic heterocycles. The standard InChI is InChI=1S/C12H22N2O2/c1-13-5-2-3-11(9-13)14-6-4-10(8-14)7-12(15)16/h10-11H,2-9H2,1H3,(H,15,16). The minimum atomic E-state index is -0.646. The number of nitrogens with zero attached hydrogens (tertiary/aromatic N) is 2. The third kappa shape index (κ3) is 2.95. The largest absolute Gasteiger partial charge is 0.481 e. The Balaban J connectivity index is 1.81. The Labute approximate surface area is 97.2 Å². The second kappa shape index (κ2) is 5.15. The molecule has 2 atom stereocenters. The Bertz CT molecular complexity index is 257. The molecule has 0 saturated carbocycles. The molecule has 1 N–H and O–H groups in total. The maximum atomic E-state index is 10.7. The molecule has 92 valence electrons. The fourth-order valence-electron chi connectivity index (χ4n) is 3.05. The molecular weight excluding hydrogens is 204 g/mol. The van der Waals surface area contributed by atoms with Crippen LogP contribution in [0.15, 0.2) is 0 Å². The van der Waals surface area contributed by atoms with Crippen LogP contribution < -0.4 is 0 Å². The van der Waals surface area contributed by atoms with Crippen molar-refractivity contribution >= 4 is 5.97 Å². The van der Waals surface area contributed by atoms with Crippen molar-refractivity contribution < 1.29 is 9.90 Å². The monoisotopic (exact) mass is 226 g/mol. The molecule has 2 fully saturated rings. The highest BCUT2D eigenvalue weighted by atomic mass is 16.4. The van der Waals surface area contributed by atoms with E-state index in [0.29, 0.717) is 18.4 Å². The van der Waals surface area contributed by atoms with Gasteiger partial charge >= 0.3 is 5.97 Å². The van der Waals surface area contributed by atoms with E-state index in [1.807, 2.05) is 0 Å². The van der Waals surface area contributed by atoms with Gasteiger partial charge < -0.3 is 10.0 Å². The summed E-state index contributed by atoms with van der Waals surface area (Å²) in [5.41, 5.74) is 0. The van der Waals surface area contributed by atoms with Crippen molar-refractivity contribution in [3.63, 3.8) is 0 Å². The summed E-state index contributed by atoms with van der Waals surface area (Å²) in [6.07, 6.45) is 3.97. The van der Waals surface area contributed by atoms with Gasteiger partial charge in [-0.2, -0.15) is 0 Å². The fourth-order valence-corrected chi connectivity index (χ4v) is 3.05. The highest BCUT2D eigenvalue weighted by Crippen LogP contribution is 2.25. The summed E-state index contributed by atoms with van der Waals surface area (Å²) in [7, 11) is 2.18. The van der Waals surface area contributed by atoms with Crippen molar-refractivity contribution in [2.24, 2.45) is 5.92 Å². The van der Waals surface area contributed by atoms with Gasteiger partial charge in [-0.25, -0.2) is 0 Å². The van der Waals surface area contributed by atoms with Gasteiger partial charge in [-0.3, -0.25) is 9.69 Å². The molecule has 16 heavy (non-hydrogen) atoms. The topological polar surface area (TPSA) is 43.8 Å². The summed E-state index contributed by atoms with van der Waals surface area (Å²) in [5, 5.41) is 8.79. The number of carboxylic acid groups (broad SMARTS) is 1. The predicted octanol–water partition coefficient (Wildman–Crippen LogP) is 0.877. The molecule has 0 amide bonds. The lowest BCUT2D eigenvalue weighted by molar-refractivity contribution is -0.138. The van der Waals surface area contributed by atoms with Gasteiger partial charge in [-0.05, 0) is 45.3 Å². The van der Waals surface area contributed by atoms with E-state index in [0.717, 1.165) is 26.1 Å². The Hall–Kier alpha value is -0.610. The van der Waals surface area contributed by atoms with Crippen molar-refractivity contribution in [1.29, 1.82) is 0 Å². The smallest absolute Gasteiger partial charge is 0.303 e. The van der Waals surface area contributed by atoms with Crippen LogP contribution in [-0.4, -0.2) is 60.1 Å². The molecule has 4 heteroatoms. The highest BCUT2D eigenvalue weighted by Gasteiger charge is 2.31. The highest BCUT2D eigenvalue weighted by molar-refractivity contribution is 5.67. The van der Waals surface area contributed by atoms with Gasteiger partial charge in [0.1, 0.15) is 0 Å². The lowest BCUT2D eigenvalue weighted by atomic mass is 10.0. The Morgan fingerprint density at radius 1 is 1.31 bits per heavy atom. The summed E-state index contributed by atoms with van der Waals surface area (Å²) in [6, 6.07) is 0.664. The predicted molar refractivity (Wildman–Crippen MR) is 62.5 cm³/mol. The number of aliphatic carboxylic acids is 1. The molecule has 2 rings (SSSR count). The van der Waals surface area contributed by atoms with Crippen LogP contribution in [0.5, 0.6) is 0 Å². The van der Waals surface area contributed by atoms with Crippen LogP contribution in [0.1, 0.15) is 25.7 Å². The number of likely N-dealkylation sites (tertiary alicyclic amines) is 2. The SMILES string of the molecule is CN1CCCC(N2CCC(CC(=O)O)C2)C1. The van der Waals surface area contributed by atoms with Crippen LogP contribution in [0.25, 0.3) is 0 Å². The van der Waals surface area contributed by atoms with Crippen LogP contribution in [0.4, 0.5) is 0 Å². The van der Waals surface area contributed by atoms with Gasteiger partial charge in [0, 0.05) is 25.6 Å². The van der Waals surface area contributed by atoms with Gasteiger partial charge in [0.25, 0.3) is 0 Å². The Morgan fingerprint density at radius 3 is 2.81 bits per heavy atom. The van der Waals surface area contributed by atoms with E-state index in [9.17, 15) is 4.79 Å². The van der Waals surface area contributed by atoms with E-state index < -0.39 is 5.97 Å². The number of carboxylic acids is 1. The Kier molecular flexibility index (Phi) is 3.82. The van der Waals surface area contributed by atoms with E-state index in [1.54, 1.807) is 0 Å². The average molecular weight is 226 g/mol. The molecule has 0 aromatic carbocycles. The summed E-state index contributed by atoms with van der Waals surface area (Å²) >= 11 is 0. The molecule has 0 bridgehead atoms. The molecule has 2 aliphatic rings. The first-order valence-electron chi connectivity index (χ1n) is 6.29. The lowest BCUT2D eigenvalue weighted by Crippen LogP contribution is -2.45. The zero-order valence-electron chi connectivity index (χ0n) is 10.1. The van der Waals surface area contributed by atoms with E-state index in [4.69, 9.17) is 5.11 Å². The molecule has 0 radical (unpaired) electrons. The lowest BCUT2D eigenvalue weighted by Gasteiger charge is -2.35. The minimum absolute atomic E-state index is 0.346. The number of likely N-dealkylation sites (N-methyl/N-ethyl adjacent to an activating group) is 1. The normalized spacial score (nSPS) is 33.1. The third-order valence-corrected chi connectivity index (χ3v) is 3.90. The van der Waals surface area contributed by atoms with E-state index in [-0.39, 0.29) is 0 Å². The molecule has 4 nitrogen and oxygen atoms in total.